The van der Waals surface area contributed by atoms with E-state index in [1.165, 1.54) is 32.4 Å². The maximum absolute atomic E-state index is 12.3. The molecule has 0 spiro atoms. The van der Waals surface area contributed by atoms with Crippen LogP contribution in [0.25, 0.3) is 0 Å². The highest BCUT2D eigenvalue weighted by Gasteiger charge is 2.10. The first-order valence-corrected chi connectivity index (χ1v) is 10.2. The summed E-state index contributed by atoms with van der Waals surface area (Å²) in [5, 5.41) is 9.71. The molecule has 0 aliphatic carbocycles. The van der Waals surface area contributed by atoms with Crippen LogP contribution in [-0.4, -0.2) is 56.0 Å². The van der Waals surface area contributed by atoms with Gasteiger partial charge in [0.1, 0.15) is 0 Å². The van der Waals surface area contributed by atoms with Gasteiger partial charge in [0.05, 0.1) is 0 Å². The van der Waals surface area contributed by atoms with E-state index in [1.54, 1.807) is 7.05 Å². The number of hydrogen-bond acceptors (Lipinski definition) is 3. The van der Waals surface area contributed by atoms with Crippen LogP contribution in [0.2, 0.25) is 0 Å². The zero-order valence-corrected chi connectivity index (χ0v) is 19.8. The summed E-state index contributed by atoms with van der Waals surface area (Å²) in [5.41, 5.74) is 1.76. The van der Waals surface area contributed by atoms with E-state index in [9.17, 15) is 4.79 Å². The Kier molecular flexibility index (Phi) is 12.1. The summed E-state index contributed by atoms with van der Waals surface area (Å²) in [4.78, 5) is 19.1. The van der Waals surface area contributed by atoms with Crippen LogP contribution >= 0.6 is 24.0 Å². The van der Waals surface area contributed by atoms with Gasteiger partial charge in [0, 0.05) is 38.3 Å². The van der Waals surface area contributed by atoms with Crippen molar-refractivity contribution in [3.8, 4) is 0 Å². The number of amides is 1. The molecule has 1 unspecified atom stereocenters. The summed E-state index contributed by atoms with van der Waals surface area (Å²) in [6.07, 6.45) is 4.91. The number of likely N-dealkylation sites (tertiary alicyclic amines) is 1. The molecule has 0 radical (unpaired) electrons. The summed E-state index contributed by atoms with van der Waals surface area (Å²) >= 11 is 0. The molecule has 1 aliphatic heterocycles. The highest BCUT2D eigenvalue weighted by atomic mass is 127. The van der Waals surface area contributed by atoms with Gasteiger partial charge in [-0.05, 0) is 57.0 Å². The van der Waals surface area contributed by atoms with E-state index >= 15 is 0 Å². The van der Waals surface area contributed by atoms with Crippen LogP contribution < -0.4 is 16.0 Å². The maximum Gasteiger partial charge on any atom is 0.251 e. The van der Waals surface area contributed by atoms with Crippen LogP contribution in [0.5, 0.6) is 0 Å². The lowest BCUT2D eigenvalue weighted by atomic mass is 10.1. The van der Waals surface area contributed by atoms with Crippen LogP contribution in [0.4, 0.5) is 0 Å². The predicted octanol–water partition coefficient (Wildman–Crippen LogP) is 2.98. The number of hydrogen-bond donors (Lipinski definition) is 3. The topological polar surface area (TPSA) is 68.8 Å². The van der Waals surface area contributed by atoms with Gasteiger partial charge in [0.25, 0.3) is 5.91 Å². The van der Waals surface area contributed by atoms with Gasteiger partial charge in [-0.15, -0.1) is 24.0 Å². The smallest absolute Gasteiger partial charge is 0.251 e. The molecule has 7 heteroatoms. The fourth-order valence-electron chi connectivity index (χ4n) is 3.15. The molecule has 1 heterocycles. The fourth-order valence-corrected chi connectivity index (χ4v) is 3.15. The first-order valence-electron chi connectivity index (χ1n) is 10.2. The van der Waals surface area contributed by atoms with Crippen molar-refractivity contribution in [1.29, 1.82) is 0 Å². The molecule has 0 saturated carbocycles. The summed E-state index contributed by atoms with van der Waals surface area (Å²) < 4.78 is 0. The minimum Gasteiger partial charge on any atom is -0.355 e. The molecule has 0 bridgehead atoms. The van der Waals surface area contributed by atoms with Gasteiger partial charge in [-0.1, -0.05) is 25.5 Å². The molecule has 1 amide bonds. The Labute approximate surface area is 187 Å². The Bertz CT molecular complexity index is 617. The lowest BCUT2D eigenvalue weighted by molar-refractivity contribution is 0.0939. The number of halogens is 1. The molecule has 158 valence electrons. The molecule has 3 N–H and O–H groups in total. The third-order valence-electron chi connectivity index (χ3n) is 5.03. The molecule has 1 aliphatic rings. The molecule has 1 aromatic carbocycles. The zero-order valence-electron chi connectivity index (χ0n) is 17.5. The minimum absolute atomic E-state index is 0. The van der Waals surface area contributed by atoms with Crippen molar-refractivity contribution in [2.75, 3.05) is 33.2 Å². The fraction of sp³-hybridized carbons (Fsp3) is 0.619. The highest BCUT2D eigenvalue weighted by molar-refractivity contribution is 14.0. The van der Waals surface area contributed by atoms with Gasteiger partial charge in [-0.25, -0.2) is 0 Å². The van der Waals surface area contributed by atoms with Gasteiger partial charge < -0.3 is 20.9 Å². The molecule has 0 aromatic heterocycles. The van der Waals surface area contributed by atoms with Crippen LogP contribution in [0.15, 0.2) is 29.3 Å². The van der Waals surface area contributed by atoms with Gasteiger partial charge in [0.2, 0.25) is 0 Å². The molecule has 28 heavy (non-hydrogen) atoms. The number of guanidine groups is 1. The number of benzene rings is 1. The predicted molar refractivity (Wildman–Crippen MR) is 128 cm³/mol. The summed E-state index contributed by atoms with van der Waals surface area (Å²) in [5.74, 6) is 0.775. The Balaban J connectivity index is 0.00000392. The van der Waals surface area contributed by atoms with Gasteiger partial charge in [-0.2, -0.15) is 0 Å². The summed E-state index contributed by atoms with van der Waals surface area (Å²) in [6, 6.07) is 7.92. The highest BCUT2D eigenvalue weighted by Crippen LogP contribution is 2.08. The molecule has 1 atom stereocenters. The summed E-state index contributed by atoms with van der Waals surface area (Å²) in [7, 11) is 1.78. The maximum atomic E-state index is 12.3. The van der Waals surface area contributed by atoms with Crippen LogP contribution in [0.3, 0.4) is 0 Å². The largest absolute Gasteiger partial charge is 0.355 e. The molecule has 2 rings (SSSR count). The van der Waals surface area contributed by atoms with Gasteiger partial charge in [-0.3, -0.25) is 9.79 Å². The number of carbonyl (C=O) groups excluding carboxylic acids is 1. The Hall–Kier alpha value is -1.35. The van der Waals surface area contributed by atoms with Crippen molar-refractivity contribution < 1.29 is 4.79 Å². The number of nitrogens with one attached hydrogen (secondary N) is 3. The molecule has 1 aromatic rings. The van der Waals surface area contributed by atoms with Crippen molar-refractivity contribution in [2.24, 2.45) is 4.99 Å². The van der Waals surface area contributed by atoms with E-state index in [-0.39, 0.29) is 35.9 Å². The van der Waals surface area contributed by atoms with E-state index in [4.69, 9.17) is 0 Å². The van der Waals surface area contributed by atoms with Crippen molar-refractivity contribution in [3.63, 3.8) is 0 Å². The molecular formula is C21H36IN5O. The monoisotopic (exact) mass is 501 g/mol. The third kappa shape index (κ3) is 8.77. The lowest BCUT2D eigenvalue weighted by Crippen LogP contribution is -2.42. The average molecular weight is 501 g/mol. The second kappa shape index (κ2) is 13.8. The minimum atomic E-state index is -0.0183. The van der Waals surface area contributed by atoms with E-state index in [2.05, 4.69) is 32.8 Å². The van der Waals surface area contributed by atoms with E-state index in [0.29, 0.717) is 12.1 Å². The number of nitrogens with zero attached hydrogens (tertiary/aromatic N) is 2. The number of aliphatic imine (C=N–C) groups is 1. The van der Waals surface area contributed by atoms with Gasteiger partial charge >= 0.3 is 0 Å². The van der Waals surface area contributed by atoms with Gasteiger partial charge in [0.15, 0.2) is 5.96 Å². The van der Waals surface area contributed by atoms with E-state index in [1.807, 2.05) is 31.2 Å². The Morgan fingerprint density at radius 1 is 1.21 bits per heavy atom. The number of carbonyl (C=O) groups is 1. The first kappa shape index (κ1) is 24.7. The molecule has 1 saturated heterocycles. The van der Waals surface area contributed by atoms with Crippen LogP contribution in [-0.2, 0) is 6.54 Å². The molecular weight excluding hydrogens is 465 g/mol. The molecule has 1 fully saturated rings. The Morgan fingerprint density at radius 2 is 1.96 bits per heavy atom. The second-order valence-corrected chi connectivity index (χ2v) is 7.24. The van der Waals surface area contributed by atoms with Crippen molar-refractivity contribution >= 4 is 35.8 Å². The SMILES string of the molecule is CCC(C)NC(=O)c1cccc(CNC(=NC)NCCN2CCCCC2)c1.I. The van der Waals surface area contributed by atoms with Crippen LogP contribution in [0, 0.1) is 0 Å². The van der Waals surface area contributed by atoms with Crippen molar-refractivity contribution in [1.82, 2.24) is 20.9 Å². The number of rotatable bonds is 8. The Morgan fingerprint density at radius 3 is 2.64 bits per heavy atom. The van der Waals surface area contributed by atoms with Crippen molar-refractivity contribution in [2.45, 2.75) is 52.1 Å². The normalized spacial score (nSPS) is 16.0. The zero-order chi connectivity index (χ0) is 19.5. The van der Waals surface area contributed by atoms with Crippen molar-refractivity contribution in [3.05, 3.63) is 35.4 Å². The van der Waals surface area contributed by atoms with E-state index < -0.39 is 0 Å². The standard InChI is InChI=1S/C21H35N5O.HI/c1-4-17(2)25-20(27)19-10-8-9-18(15-19)16-24-21(22-3)23-11-14-26-12-6-5-7-13-26;/h8-10,15,17H,4-7,11-14,16H2,1-3H3,(H,25,27)(H2,22,23,24);1H. The lowest BCUT2D eigenvalue weighted by Gasteiger charge is -2.26. The average Bonchev–Trinajstić information content (AvgIpc) is 2.71. The second-order valence-electron chi connectivity index (χ2n) is 7.24. The third-order valence-corrected chi connectivity index (χ3v) is 5.03. The quantitative estimate of drug-likeness (QED) is 0.291. The van der Waals surface area contributed by atoms with Crippen LogP contribution in [0.1, 0.15) is 55.5 Å². The number of piperidine rings is 1. The van der Waals surface area contributed by atoms with E-state index in [0.717, 1.165) is 31.0 Å². The molecule has 6 nitrogen and oxygen atoms in total. The summed E-state index contributed by atoms with van der Waals surface area (Å²) in [6.45, 7) is 9.06. The first-order chi connectivity index (χ1) is 13.1.